The smallest absolute Gasteiger partial charge is 0.125 e. The monoisotopic (exact) mass is 311 g/mol. The number of imidazole rings is 1. The molecule has 0 bridgehead atoms. The maximum Gasteiger partial charge on any atom is 0.125 e. The van der Waals surface area contributed by atoms with Gasteiger partial charge in [0.15, 0.2) is 0 Å². The Labute approximate surface area is 137 Å². The largest absolute Gasteiger partial charge is 0.348 e. The first-order chi connectivity index (χ1) is 11.3. The van der Waals surface area contributed by atoms with Crippen molar-refractivity contribution in [1.82, 2.24) is 24.8 Å². The van der Waals surface area contributed by atoms with Crippen LogP contribution in [0.3, 0.4) is 0 Å². The molecule has 23 heavy (non-hydrogen) atoms. The van der Waals surface area contributed by atoms with Gasteiger partial charge in [0.1, 0.15) is 11.6 Å². The summed E-state index contributed by atoms with van der Waals surface area (Å²) in [4.78, 5) is 19.0. The zero-order valence-corrected chi connectivity index (χ0v) is 13.8. The van der Waals surface area contributed by atoms with Crippen molar-refractivity contribution >= 4 is 0 Å². The average Bonchev–Trinajstić information content (AvgIpc) is 3.17. The molecular formula is C18H25N5. The molecule has 3 heterocycles. The van der Waals surface area contributed by atoms with E-state index in [9.17, 15) is 0 Å². The van der Waals surface area contributed by atoms with Crippen LogP contribution < -0.4 is 0 Å². The molecule has 1 saturated carbocycles. The Hall–Kier alpha value is -1.75. The fourth-order valence-corrected chi connectivity index (χ4v) is 4.55. The van der Waals surface area contributed by atoms with Crippen LogP contribution in [0.4, 0.5) is 0 Å². The van der Waals surface area contributed by atoms with Crippen LogP contribution in [-0.4, -0.2) is 37.9 Å². The van der Waals surface area contributed by atoms with Crippen molar-refractivity contribution in [2.45, 2.75) is 39.2 Å². The van der Waals surface area contributed by atoms with Gasteiger partial charge in [0.2, 0.25) is 0 Å². The number of rotatable bonds is 4. The van der Waals surface area contributed by atoms with E-state index >= 15 is 0 Å². The summed E-state index contributed by atoms with van der Waals surface area (Å²) in [6.07, 6.45) is 10.9. The number of hydrogen-bond acceptors (Lipinski definition) is 4. The predicted octanol–water partition coefficient (Wildman–Crippen LogP) is 2.60. The van der Waals surface area contributed by atoms with Crippen molar-refractivity contribution < 1.29 is 0 Å². The number of fused-ring (bicyclic) bond motifs is 1. The lowest BCUT2D eigenvalue weighted by Gasteiger charge is -2.33. The number of hydrogen-bond donors (Lipinski definition) is 1. The summed E-state index contributed by atoms with van der Waals surface area (Å²) in [5.74, 6) is 4.41. The zero-order chi connectivity index (χ0) is 15.6. The molecule has 0 unspecified atom stereocenters. The standard InChI is InChI=1S/C18H25N5/c1-13-19-6-5-16(22-13)9-14-3-2-4-15-10-23(11-17(14)15)12-18-20-7-8-21-18/h5-8,14-15,17H,2-4,9-12H2,1H3,(H,20,21)/t14-,15-,17-/m1/s1. The van der Waals surface area contributed by atoms with Crippen LogP contribution in [-0.2, 0) is 13.0 Å². The van der Waals surface area contributed by atoms with Gasteiger partial charge < -0.3 is 4.98 Å². The third-order valence-corrected chi connectivity index (χ3v) is 5.56. The van der Waals surface area contributed by atoms with Crippen LogP contribution in [0.25, 0.3) is 0 Å². The average molecular weight is 311 g/mol. The molecule has 0 spiro atoms. The molecule has 2 aliphatic rings. The van der Waals surface area contributed by atoms with Gasteiger partial charge in [-0.2, -0.15) is 0 Å². The molecule has 3 atom stereocenters. The van der Waals surface area contributed by atoms with Gasteiger partial charge in [-0.05, 0) is 50.0 Å². The minimum atomic E-state index is 0.768. The van der Waals surface area contributed by atoms with Crippen molar-refractivity contribution in [2.75, 3.05) is 13.1 Å². The number of H-pyrrole nitrogens is 1. The van der Waals surface area contributed by atoms with E-state index in [-0.39, 0.29) is 0 Å². The molecule has 2 fully saturated rings. The Bertz CT molecular complexity index is 639. The Morgan fingerprint density at radius 3 is 3.00 bits per heavy atom. The second-order valence-corrected chi connectivity index (χ2v) is 7.14. The zero-order valence-electron chi connectivity index (χ0n) is 13.8. The van der Waals surface area contributed by atoms with Gasteiger partial charge >= 0.3 is 0 Å². The number of aromatic nitrogens is 4. The van der Waals surface area contributed by atoms with Gasteiger partial charge in [-0.3, -0.25) is 4.90 Å². The highest BCUT2D eigenvalue weighted by Crippen LogP contribution is 2.41. The molecule has 0 aromatic carbocycles. The van der Waals surface area contributed by atoms with E-state index in [0.29, 0.717) is 0 Å². The van der Waals surface area contributed by atoms with Crippen molar-refractivity contribution in [3.63, 3.8) is 0 Å². The molecule has 2 aromatic rings. The summed E-state index contributed by atoms with van der Waals surface area (Å²) in [7, 11) is 0. The molecule has 1 N–H and O–H groups in total. The van der Waals surface area contributed by atoms with E-state index in [4.69, 9.17) is 0 Å². The lowest BCUT2D eigenvalue weighted by Crippen LogP contribution is -2.29. The number of likely N-dealkylation sites (tertiary alicyclic amines) is 1. The molecule has 4 rings (SSSR count). The van der Waals surface area contributed by atoms with Crippen LogP contribution in [0.15, 0.2) is 24.7 Å². The third kappa shape index (κ3) is 3.29. The highest BCUT2D eigenvalue weighted by molar-refractivity contribution is 5.05. The van der Waals surface area contributed by atoms with Crippen LogP contribution >= 0.6 is 0 Å². The summed E-state index contributed by atoms with van der Waals surface area (Å²) in [5, 5.41) is 0. The van der Waals surface area contributed by atoms with Crippen molar-refractivity contribution in [3.05, 3.63) is 42.0 Å². The number of nitrogens with one attached hydrogen (secondary N) is 1. The van der Waals surface area contributed by atoms with E-state index in [1.807, 2.05) is 25.5 Å². The fraction of sp³-hybridized carbons (Fsp3) is 0.611. The first-order valence-electron chi connectivity index (χ1n) is 8.77. The number of aryl methyl sites for hydroxylation is 1. The second kappa shape index (κ2) is 6.40. The summed E-state index contributed by atoms with van der Waals surface area (Å²) in [5.41, 5.74) is 1.22. The van der Waals surface area contributed by atoms with Gasteiger partial charge in [-0.15, -0.1) is 0 Å². The van der Waals surface area contributed by atoms with Crippen LogP contribution in [0.2, 0.25) is 0 Å². The molecule has 5 heteroatoms. The van der Waals surface area contributed by atoms with Crippen molar-refractivity contribution in [1.29, 1.82) is 0 Å². The molecule has 1 aliphatic heterocycles. The minimum Gasteiger partial charge on any atom is -0.348 e. The molecule has 5 nitrogen and oxygen atoms in total. The quantitative estimate of drug-likeness (QED) is 0.943. The first-order valence-corrected chi connectivity index (χ1v) is 8.77. The molecule has 2 aromatic heterocycles. The molecule has 1 saturated heterocycles. The molecule has 122 valence electrons. The molecule has 0 radical (unpaired) electrons. The molecular weight excluding hydrogens is 286 g/mol. The Morgan fingerprint density at radius 2 is 2.17 bits per heavy atom. The van der Waals surface area contributed by atoms with E-state index in [2.05, 4.69) is 30.9 Å². The van der Waals surface area contributed by atoms with E-state index < -0.39 is 0 Å². The summed E-state index contributed by atoms with van der Waals surface area (Å²) in [6.45, 7) is 5.37. The Balaban J connectivity index is 1.43. The molecule has 1 aliphatic carbocycles. The van der Waals surface area contributed by atoms with Gasteiger partial charge in [0, 0.05) is 37.4 Å². The minimum absolute atomic E-state index is 0.768. The van der Waals surface area contributed by atoms with Crippen LogP contribution in [0.5, 0.6) is 0 Å². The second-order valence-electron chi connectivity index (χ2n) is 7.14. The van der Waals surface area contributed by atoms with Gasteiger partial charge in [0.05, 0.1) is 6.54 Å². The lowest BCUT2D eigenvalue weighted by atomic mass is 9.72. The Kier molecular flexibility index (Phi) is 4.12. The summed E-state index contributed by atoms with van der Waals surface area (Å²) in [6, 6.07) is 2.09. The number of nitrogens with zero attached hydrogens (tertiary/aromatic N) is 4. The Morgan fingerprint density at radius 1 is 1.22 bits per heavy atom. The van der Waals surface area contributed by atoms with Crippen molar-refractivity contribution in [3.8, 4) is 0 Å². The normalized spacial score (nSPS) is 28.0. The van der Waals surface area contributed by atoms with Crippen molar-refractivity contribution in [2.24, 2.45) is 17.8 Å². The number of aromatic amines is 1. The lowest BCUT2D eigenvalue weighted by molar-refractivity contribution is 0.195. The van der Waals surface area contributed by atoms with Crippen LogP contribution in [0, 0.1) is 24.7 Å². The van der Waals surface area contributed by atoms with E-state index in [0.717, 1.165) is 42.4 Å². The van der Waals surface area contributed by atoms with Crippen LogP contribution in [0.1, 0.15) is 36.6 Å². The maximum absolute atomic E-state index is 4.62. The summed E-state index contributed by atoms with van der Waals surface area (Å²) < 4.78 is 0. The highest BCUT2D eigenvalue weighted by Gasteiger charge is 2.40. The van der Waals surface area contributed by atoms with E-state index in [1.165, 1.54) is 38.0 Å². The van der Waals surface area contributed by atoms with Gasteiger partial charge in [-0.1, -0.05) is 6.42 Å². The summed E-state index contributed by atoms with van der Waals surface area (Å²) >= 11 is 0. The highest BCUT2D eigenvalue weighted by atomic mass is 15.2. The predicted molar refractivity (Wildman–Crippen MR) is 88.7 cm³/mol. The van der Waals surface area contributed by atoms with E-state index in [1.54, 1.807) is 0 Å². The topological polar surface area (TPSA) is 57.7 Å². The fourth-order valence-electron chi connectivity index (χ4n) is 4.55. The first kappa shape index (κ1) is 14.8. The maximum atomic E-state index is 4.62. The van der Waals surface area contributed by atoms with Gasteiger partial charge in [-0.25, -0.2) is 15.0 Å². The molecule has 0 amide bonds. The third-order valence-electron chi connectivity index (χ3n) is 5.56. The van der Waals surface area contributed by atoms with Gasteiger partial charge in [0.25, 0.3) is 0 Å². The SMILES string of the molecule is Cc1nccc(C[C@H]2CCC[C@@H]3CN(Cc4ncc[nH]4)C[C@H]23)n1.